The Bertz CT molecular complexity index is 346. The van der Waals surface area contributed by atoms with Crippen LogP contribution in [0.1, 0.15) is 48.6 Å². The predicted molar refractivity (Wildman–Crippen MR) is 59.6 cm³/mol. The highest BCUT2D eigenvalue weighted by Crippen LogP contribution is 2.63. The van der Waals surface area contributed by atoms with Crippen LogP contribution in [0.4, 0.5) is 4.39 Å². The molecule has 2 heteroatoms. The maximum Gasteiger partial charge on any atom is 0.108 e. The van der Waals surface area contributed by atoms with Gasteiger partial charge in [0.25, 0.3) is 0 Å². The van der Waals surface area contributed by atoms with Crippen LogP contribution in [0, 0.1) is 11.3 Å². The average molecular weight is 213 g/mol. The number of nitrogens with zero attached hydrogens (tertiary/aromatic N) is 1. The third-order valence-electron chi connectivity index (χ3n) is 4.42. The van der Waals surface area contributed by atoms with E-state index in [2.05, 4.69) is 4.90 Å². The molecule has 0 bridgehead atoms. The zero-order valence-electron chi connectivity index (χ0n) is 11.7. The van der Waals surface area contributed by atoms with E-state index < -0.39 is 12.5 Å². The number of halogens is 1. The van der Waals surface area contributed by atoms with Gasteiger partial charge in [-0.2, -0.15) is 0 Å². The molecule has 86 valence electrons. The summed E-state index contributed by atoms with van der Waals surface area (Å²) >= 11 is 0. The summed E-state index contributed by atoms with van der Waals surface area (Å²) in [6.07, 6.45) is 1.51. The van der Waals surface area contributed by atoms with Crippen LogP contribution in [0.2, 0.25) is 0 Å². The lowest BCUT2D eigenvalue weighted by Crippen LogP contribution is -2.39. The van der Waals surface area contributed by atoms with Crippen molar-refractivity contribution in [3.63, 3.8) is 0 Å². The van der Waals surface area contributed by atoms with Crippen LogP contribution in [0.3, 0.4) is 0 Å². The van der Waals surface area contributed by atoms with E-state index in [-0.39, 0.29) is 16.9 Å². The van der Waals surface area contributed by atoms with Gasteiger partial charge in [0.1, 0.15) is 6.17 Å². The van der Waals surface area contributed by atoms with Crippen LogP contribution in [-0.4, -0.2) is 29.7 Å². The molecule has 2 heterocycles. The molecule has 2 aliphatic heterocycles. The van der Waals surface area contributed by atoms with E-state index in [4.69, 9.17) is 2.74 Å². The largest absolute Gasteiger partial charge is 0.297 e. The quantitative estimate of drug-likeness (QED) is 0.681. The molecule has 15 heavy (non-hydrogen) atoms. The molecule has 0 aromatic heterocycles. The number of fused-ring (bicyclic) bond motifs is 1. The Balaban J connectivity index is 1.94. The summed E-state index contributed by atoms with van der Waals surface area (Å²) in [6, 6.07) is 0. The summed E-state index contributed by atoms with van der Waals surface area (Å²) < 4.78 is 30.5. The molecule has 0 aromatic carbocycles. The predicted octanol–water partition coefficient (Wildman–Crippen LogP) is 3.00. The zero-order valence-corrected chi connectivity index (χ0v) is 9.72. The number of alkyl halides is 1. The van der Waals surface area contributed by atoms with Crippen molar-refractivity contribution in [2.75, 3.05) is 13.1 Å². The molecule has 1 aliphatic carbocycles. The van der Waals surface area contributed by atoms with E-state index in [0.717, 1.165) is 32.4 Å². The third-order valence-corrected chi connectivity index (χ3v) is 4.42. The zero-order chi connectivity index (χ0) is 12.5. The fourth-order valence-corrected chi connectivity index (χ4v) is 3.78. The molecule has 3 aliphatic rings. The Kier molecular flexibility index (Phi) is 1.59. The highest BCUT2D eigenvalue weighted by atomic mass is 19.1. The van der Waals surface area contributed by atoms with E-state index in [1.807, 2.05) is 13.8 Å². The number of hydrogen-bond acceptors (Lipinski definition) is 1. The molecule has 1 saturated carbocycles. The average Bonchev–Trinajstić information content (AvgIpc) is 2.58. The Morgan fingerprint density at radius 2 is 2.33 bits per heavy atom. The maximum atomic E-state index is 13.6. The lowest BCUT2D eigenvalue weighted by molar-refractivity contribution is 0.163. The van der Waals surface area contributed by atoms with Crippen LogP contribution in [0.5, 0.6) is 0 Å². The van der Waals surface area contributed by atoms with Crippen molar-refractivity contribution in [1.29, 1.82) is 0 Å². The summed E-state index contributed by atoms with van der Waals surface area (Å²) in [6.45, 7) is 5.66. The van der Waals surface area contributed by atoms with Gasteiger partial charge in [-0.05, 0) is 44.5 Å². The lowest BCUT2D eigenvalue weighted by atomic mass is 9.82. The third kappa shape index (κ3) is 1.37. The van der Waals surface area contributed by atoms with Crippen LogP contribution in [0.15, 0.2) is 0 Å². The van der Waals surface area contributed by atoms with Gasteiger partial charge in [0.2, 0.25) is 0 Å². The maximum absolute atomic E-state index is 13.6. The fraction of sp³-hybridized carbons (Fsp3) is 1.00. The molecule has 1 nitrogen and oxygen atoms in total. The summed E-state index contributed by atoms with van der Waals surface area (Å²) in [4.78, 5) is 2.27. The second kappa shape index (κ2) is 2.97. The smallest absolute Gasteiger partial charge is 0.108 e. The molecule has 3 rings (SSSR count). The molecular weight excluding hydrogens is 189 g/mol. The molecular formula is C13H22FN. The standard InChI is InChI=1S/C13H22FN/c1-10(2)6-13-4-3-5-15(13)9-12(8-13)7-11(12)14/h10-11H,3-9H2,1-2H3/t11-,12+,13-/m1/s1/i6D2. The van der Waals surface area contributed by atoms with Crippen molar-refractivity contribution >= 4 is 0 Å². The minimum Gasteiger partial charge on any atom is -0.297 e. The van der Waals surface area contributed by atoms with Gasteiger partial charge in [0, 0.05) is 20.2 Å². The summed E-state index contributed by atoms with van der Waals surface area (Å²) in [5, 5.41) is 0. The van der Waals surface area contributed by atoms with Gasteiger partial charge in [-0.25, -0.2) is 4.39 Å². The summed E-state index contributed by atoms with van der Waals surface area (Å²) in [5.41, 5.74) is -0.551. The molecule has 1 spiro atoms. The SMILES string of the molecule is [2H]C([2H])(C(C)C)[C@@]12CCCN1C[C@]1(C[C@H]1F)C2. The van der Waals surface area contributed by atoms with Crippen LogP contribution >= 0.6 is 0 Å². The first kappa shape index (κ1) is 8.05. The Labute approximate surface area is 94.8 Å². The minimum absolute atomic E-state index is 0.00457. The monoisotopic (exact) mass is 213 g/mol. The first-order valence-corrected chi connectivity index (χ1v) is 6.23. The van der Waals surface area contributed by atoms with Crippen LogP contribution in [-0.2, 0) is 0 Å². The second-order valence-electron chi connectivity index (χ2n) is 6.07. The van der Waals surface area contributed by atoms with E-state index in [1.165, 1.54) is 0 Å². The van der Waals surface area contributed by atoms with Gasteiger partial charge in [-0.1, -0.05) is 13.8 Å². The van der Waals surface area contributed by atoms with E-state index in [0.29, 0.717) is 6.42 Å². The number of rotatable bonds is 2. The minimum atomic E-state index is -1.20. The Morgan fingerprint density at radius 3 is 2.93 bits per heavy atom. The highest BCUT2D eigenvalue weighted by molar-refractivity contribution is 5.18. The van der Waals surface area contributed by atoms with Crippen molar-refractivity contribution in [2.24, 2.45) is 11.3 Å². The Morgan fingerprint density at radius 1 is 1.60 bits per heavy atom. The molecule has 0 amide bonds. The van der Waals surface area contributed by atoms with Crippen molar-refractivity contribution in [2.45, 2.75) is 57.6 Å². The van der Waals surface area contributed by atoms with Gasteiger partial charge in [0.15, 0.2) is 0 Å². The topological polar surface area (TPSA) is 3.24 Å². The van der Waals surface area contributed by atoms with E-state index in [9.17, 15) is 4.39 Å². The van der Waals surface area contributed by atoms with Gasteiger partial charge in [-0.15, -0.1) is 0 Å². The van der Waals surface area contributed by atoms with Gasteiger partial charge in [-0.3, -0.25) is 4.90 Å². The molecule has 0 N–H and O–H groups in total. The van der Waals surface area contributed by atoms with Gasteiger partial charge in [0.05, 0.1) is 0 Å². The van der Waals surface area contributed by atoms with Crippen molar-refractivity contribution < 1.29 is 7.13 Å². The first-order valence-electron chi connectivity index (χ1n) is 7.23. The molecule has 0 unspecified atom stereocenters. The fourth-order valence-electron chi connectivity index (χ4n) is 3.78. The molecule has 0 aromatic rings. The molecule has 3 fully saturated rings. The van der Waals surface area contributed by atoms with Crippen LogP contribution < -0.4 is 0 Å². The van der Waals surface area contributed by atoms with Crippen LogP contribution in [0.25, 0.3) is 0 Å². The number of hydrogen-bond donors (Lipinski definition) is 0. The molecule has 0 radical (unpaired) electrons. The van der Waals surface area contributed by atoms with Crippen molar-refractivity contribution in [3.8, 4) is 0 Å². The highest BCUT2D eigenvalue weighted by Gasteiger charge is 2.66. The lowest BCUT2D eigenvalue weighted by Gasteiger charge is -2.33. The van der Waals surface area contributed by atoms with Gasteiger partial charge >= 0.3 is 0 Å². The second-order valence-corrected chi connectivity index (χ2v) is 6.07. The van der Waals surface area contributed by atoms with Crippen molar-refractivity contribution in [1.82, 2.24) is 4.90 Å². The normalized spacial score (nSPS) is 52.1. The summed E-state index contributed by atoms with van der Waals surface area (Å²) in [5.74, 6) is -0.00457. The first-order chi connectivity index (χ1) is 7.84. The van der Waals surface area contributed by atoms with Gasteiger partial charge < -0.3 is 0 Å². The van der Waals surface area contributed by atoms with E-state index >= 15 is 0 Å². The molecule has 2 saturated heterocycles. The van der Waals surface area contributed by atoms with Crippen molar-refractivity contribution in [3.05, 3.63) is 0 Å². The molecule has 3 atom stereocenters. The Hall–Kier alpha value is -0.110. The van der Waals surface area contributed by atoms with E-state index in [1.54, 1.807) is 0 Å². The summed E-state index contributed by atoms with van der Waals surface area (Å²) in [7, 11) is 0.